The molecular weight excluding hydrogens is 298 g/mol. The summed E-state index contributed by atoms with van der Waals surface area (Å²) >= 11 is 0. The smallest absolute Gasteiger partial charge is 0.227 e. The Morgan fingerprint density at radius 1 is 1.08 bits per heavy atom. The monoisotopic (exact) mass is 319 g/mol. The number of carbonyl (C=O) groups excluding carboxylic acids is 1. The summed E-state index contributed by atoms with van der Waals surface area (Å²) in [5, 5.41) is 4.35. The van der Waals surface area contributed by atoms with Crippen LogP contribution in [0.1, 0.15) is 24.1 Å². The van der Waals surface area contributed by atoms with E-state index in [9.17, 15) is 4.79 Å². The van der Waals surface area contributed by atoms with Crippen molar-refractivity contribution in [1.82, 2.24) is 14.7 Å². The van der Waals surface area contributed by atoms with Crippen molar-refractivity contribution in [2.24, 2.45) is 0 Å². The van der Waals surface area contributed by atoms with Gasteiger partial charge in [0.1, 0.15) is 0 Å². The SMILES string of the molecule is CC(c1ccccc1)N(C)C(=O)Cc1cnn(-c2ccccc2)c1. The second-order valence-electron chi connectivity index (χ2n) is 5.90. The largest absolute Gasteiger partial charge is 0.339 e. The first-order valence-electron chi connectivity index (χ1n) is 8.04. The maximum Gasteiger partial charge on any atom is 0.227 e. The van der Waals surface area contributed by atoms with E-state index in [1.807, 2.05) is 80.8 Å². The average molecular weight is 319 g/mol. The van der Waals surface area contributed by atoms with Gasteiger partial charge in [-0.1, -0.05) is 48.5 Å². The van der Waals surface area contributed by atoms with Gasteiger partial charge in [0.05, 0.1) is 24.3 Å². The van der Waals surface area contributed by atoms with Gasteiger partial charge < -0.3 is 4.90 Å². The molecule has 1 heterocycles. The van der Waals surface area contributed by atoms with Crippen LogP contribution in [0.5, 0.6) is 0 Å². The van der Waals surface area contributed by atoms with E-state index in [-0.39, 0.29) is 11.9 Å². The fraction of sp³-hybridized carbons (Fsp3) is 0.200. The second kappa shape index (κ2) is 7.13. The van der Waals surface area contributed by atoms with Gasteiger partial charge in [-0.25, -0.2) is 4.68 Å². The Morgan fingerprint density at radius 3 is 2.38 bits per heavy atom. The van der Waals surface area contributed by atoms with Crippen molar-refractivity contribution >= 4 is 5.91 Å². The molecule has 0 saturated carbocycles. The lowest BCUT2D eigenvalue weighted by molar-refractivity contribution is -0.131. The number of benzene rings is 2. The molecule has 4 heteroatoms. The third-order valence-corrected chi connectivity index (χ3v) is 4.27. The summed E-state index contributed by atoms with van der Waals surface area (Å²) in [6, 6.07) is 20.0. The molecule has 1 aromatic heterocycles. The van der Waals surface area contributed by atoms with E-state index in [1.54, 1.807) is 15.8 Å². The lowest BCUT2D eigenvalue weighted by atomic mass is 10.1. The quantitative estimate of drug-likeness (QED) is 0.720. The molecule has 4 nitrogen and oxygen atoms in total. The van der Waals surface area contributed by atoms with Gasteiger partial charge >= 0.3 is 0 Å². The normalized spacial score (nSPS) is 11.9. The highest BCUT2D eigenvalue weighted by atomic mass is 16.2. The van der Waals surface area contributed by atoms with Crippen LogP contribution >= 0.6 is 0 Å². The molecule has 1 atom stereocenters. The molecule has 0 aliphatic heterocycles. The number of aromatic nitrogens is 2. The Kier molecular flexibility index (Phi) is 4.75. The highest BCUT2D eigenvalue weighted by Gasteiger charge is 2.18. The van der Waals surface area contributed by atoms with Gasteiger partial charge in [0, 0.05) is 13.2 Å². The number of rotatable bonds is 5. The Morgan fingerprint density at radius 2 is 1.71 bits per heavy atom. The van der Waals surface area contributed by atoms with Crippen LogP contribution in [-0.4, -0.2) is 27.6 Å². The van der Waals surface area contributed by atoms with E-state index in [1.165, 1.54) is 0 Å². The van der Waals surface area contributed by atoms with Gasteiger partial charge in [-0.15, -0.1) is 0 Å². The second-order valence-corrected chi connectivity index (χ2v) is 5.90. The Bertz CT molecular complexity index is 796. The zero-order chi connectivity index (χ0) is 16.9. The minimum atomic E-state index is 0.0443. The van der Waals surface area contributed by atoms with Crippen molar-refractivity contribution in [1.29, 1.82) is 0 Å². The van der Waals surface area contributed by atoms with Gasteiger partial charge in [0.2, 0.25) is 5.91 Å². The van der Waals surface area contributed by atoms with Crippen molar-refractivity contribution in [3.63, 3.8) is 0 Å². The molecule has 0 aliphatic carbocycles. The summed E-state index contributed by atoms with van der Waals surface area (Å²) in [6.45, 7) is 2.04. The zero-order valence-corrected chi connectivity index (χ0v) is 14.0. The number of para-hydroxylation sites is 1. The van der Waals surface area contributed by atoms with Crippen LogP contribution in [0, 0.1) is 0 Å². The summed E-state index contributed by atoms with van der Waals surface area (Å²) in [5.41, 5.74) is 3.03. The first-order valence-corrected chi connectivity index (χ1v) is 8.04. The van der Waals surface area contributed by atoms with Crippen LogP contribution in [-0.2, 0) is 11.2 Å². The molecule has 2 aromatic carbocycles. The minimum Gasteiger partial charge on any atom is -0.339 e. The molecule has 0 spiro atoms. The number of hydrogen-bond acceptors (Lipinski definition) is 2. The van der Waals surface area contributed by atoms with Crippen molar-refractivity contribution in [3.05, 3.63) is 84.2 Å². The van der Waals surface area contributed by atoms with Crippen LogP contribution in [0.15, 0.2) is 73.1 Å². The predicted octanol–water partition coefficient (Wildman–Crippen LogP) is 3.63. The van der Waals surface area contributed by atoms with Crippen LogP contribution in [0.3, 0.4) is 0 Å². The predicted molar refractivity (Wildman–Crippen MR) is 94.9 cm³/mol. The van der Waals surface area contributed by atoms with Crippen molar-refractivity contribution in [2.45, 2.75) is 19.4 Å². The van der Waals surface area contributed by atoms with Crippen LogP contribution < -0.4 is 0 Å². The molecule has 24 heavy (non-hydrogen) atoms. The molecule has 3 aromatic rings. The number of likely N-dealkylation sites (N-methyl/N-ethyl adjacent to an activating group) is 1. The summed E-state index contributed by atoms with van der Waals surface area (Å²) in [7, 11) is 1.85. The number of carbonyl (C=O) groups is 1. The fourth-order valence-corrected chi connectivity index (χ4v) is 2.64. The van der Waals surface area contributed by atoms with Crippen LogP contribution in [0.2, 0.25) is 0 Å². The first kappa shape index (κ1) is 16.0. The zero-order valence-electron chi connectivity index (χ0n) is 14.0. The van der Waals surface area contributed by atoms with Crippen molar-refractivity contribution < 1.29 is 4.79 Å². The standard InChI is InChI=1S/C20H21N3O/c1-16(18-9-5-3-6-10-18)22(2)20(24)13-17-14-21-23(15-17)19-11-7-4-8-12-19/h3-12,14-16H,13H2,1-2H3. The topological polar surface area (TPSA) is 38.1 Å². The highest BCUT2D eigenvalue weighted by Crippen LogP contribution is 2.19. The van der Waals surface area contributed by atoms with Gasteiger partial charge in [0.15, 0.2) is 0 Å². The third-order valence-electron chi connectivity index (χ3n) is 4.27. The number of hydrogen-bond donors (Lipinski definition) is 0. The van der Waals surface area contributed by atoms with E-state index < -0.39 is 0 Å². The fourth-order valence-electron chi connectivity index (χ4n) is 2.64. The molecule has 0 saturated heterocycles. The van der Waals surface area contributed by atoms with Gasteiger partial charge in [-0.2, -0.15) is 5.10 Å². The maximum atomic E-state index is 12.6. The Balaban J connectivity index is 1.68. The maximum absolute atomic E-state index is 12.6. The number of amides is 1. The van der Waals surface area contributed by atoms with Gasteiger partial charge in [-0.05, 0) is 30.2 Å². The van der Waals surface area contributed by atoms with E-state index >= 15 is 0 Å². The summed E-state index contributed by atoms with van der Waals surface area (Å²) in [5.74, 6) is 0.0824. The molecule has 3 rings (SSSR count). The Labute approximate surface area is 142 Å². The molecule has 0 fully saturated rings. The van der Waals surface area contributed by atoms with Gasteiger partial charge in [0.25, 0.3) is 0 Å². The van der Waals surface area contributed by atoms with Crippen molar-refractivity contribution in [3.8, 4) is 5.69 Å². The third kappa shape index (κ3) is 3.54. The molecule has 1 unspecified atom stereocenters. The lowest BCUT2D eigenvalue weighted by Gasteiger charge is -2.25. The summed E-state index contributed by atoms with van der Waals surface area (Å²) in [4.78, 5) is 14.3. The van der Waals surface area contributed by atoms with E-state index in [2.05, 4.69) is 5.10 Å². The molecule has 0 N–H and O–H groups in total. The van der Waals surface area contributed by atoms with Crippen LogP contribution in [0.25, 0.3) is 5.69 Å². The molecular formula is C20H21N3O. The first-order chi connectivity index (χ1) is 11.6. The molecule has 0 radical (unpaired) electrons. The van der Waals surface area contributed by atoms with Gasteiger partial charge in [-0.3, -0.25) is 4.79 Å². The summed E-state index contributed by atoms with van der Waals surface area (Å²) in [6.07, 6.45) is 4.01. The van der Waals surface area contributed by atoms with E-state index in [0.717, 1.165) is 16.8 Å². The average Bonchev–Trinajstić information content (AvgIpc) is 3.10. The molecule has 0 bridgehead atoms. The summed E-state index contributed by atoms with van der Waals surface area (Å²) < 4.78 is 1.79. The Hall–Kier alpha value is -2.88. The molecule has 1 amide bonds. The minimum absolute atomic E-state index is 0.0443. The lowest BCUT2D eigenvalue weighted by Crippen LogP contribution is -2.30. The van der Waals surface area contributed by atoms with Crippen LogP contribution in [0.4, 0.5) is 0 Å². The van der Waals surface area contributed by atoms with E-state index in [0.29, 0.717) is 6.42 Å². The van der Waals surface area contributed by atoms with Crippen molar-refractivity contribution in [2.75, 3.05) is 7.05 Å². The van der Waals surface area contributed by atoms with E-state index in [4.69, 9.17) is 0 Å². The number of nitrogens with zero attached hydrogens (tertiary/aromatic N) is 3. The molecule has 122 valence electrons. The molecule has 0 aliphatic rings. The highest BCUT2D eigenvalue weighted by molar-refractivity contribution is 5.78.